The maximum atomic E-state index is 13.0. The summed E-state index contributed by atoms with van der Waals surface area (Å²) < 4.78 is 17.9. The molecule has 0 saturated carbocycles. The zero-order valence-corrected chi connectivity index (χ0v) is 13.4. The van der Waals surface area contributed by atoms with Crippen molar-refractivity contribution in [3.8, 4) is 0 Å². The second kappa shape index (κ2) is 8.60. The van der Waals surface area contributed by atoms with Gasteiger partial charge in [0.15, 0.2) is 5.76 Å². The number of furan rings is 1. The first-order valence-corrected chi connectivity index (χ1v) is 7.30. The minimum absolute atomic E-state index is 0.0584. The van der Waals surface area contributed by atoms with Gasteiger partial charge in [-0.05, 0) is 37.4 Å². The molecule has 1 heterocycles. The molecule has 25 heavy (non-hydrogen) atoms. The highest BCUT2D eigenvalue weighted by Gasteiger charge is 2.13. The Hall–Kier alpha value is -3.20. The van der Waals surface area contributed by atoms with Gasteiger partial charge in [-0.25, -0.2) is 4.39 Å². The van der Waals surface area contributed by atoms with E-state index in [4.69, 9.17) is 4.42 Å². The van der Waals surface area contributed by atoms with Gasteiger partial charge in [-0.1, -0.05) is 6.07 Å². The van der Waals surface area contributed by atoms with Crippen LogP contribution in [-0.2, 0) is 9.59 Å². The van der Waals surface area contributed by atoms with Crippen LogP contribution in [0.5, 0.6) is 0 Å². The number of hydrazine groups is 1. The van der Waals surface area contributed by atoms with Gasteiger partial charge in [-0.3, -0.25) is 30.1 Å². The van der Waals surface area contributed by atoms with Crippen molar-refractivity contribution in [3.05, 3.63) is 54.2 Å². The number of benzene rings is 1. The third kappa shape index (κ3) is 6.07. The Balaban J connectivity index is 1.71. The van der Waals surface area contributed by atoms with Crippen LogP contribution in [0.4, 0.5) is 10.1 Å². The van der Waals surface area contributed by atoms with E-state index in [0.717, 1.165) is 0 Å². The quantitative estimate of drug-likeness (QED) is 0.669. The highest BCUT2D eigenvalue weighted by atomic mass is 19.1. The lowest BCUT2D eigenvalue weighted by atomic mass is 10.3. The van der Waals surface area contributed by atoms with E-state index in [1.54, 1.807) is 19.2 Å². The van der Waals surface area contributed by atoms with Crippen molar-refractivity contribution in [1.82, 2.24) is 15.8 Å². The van der Waals surface area contributed by atoms with Crippen LogP contribution in [0.2, 0.25) is 0 Å². The summed E-state index contributed by atoms with van der Waals surface area (Å²) >= 11 is 0. The molecule has 0 aliphatic rings. The normalized spacial score (nSPS) is 10.4. The van der Waals surface area contributed by atoms with E-state index in [-0.39, 0.29) is 18.8 Å². The molecular formula is C16H17FN4O4. The van der Waals surface area contributed by atoms with Crippen LogP contribution < -0.4 is 16.2 Å². The van der Waals surface area contributed by atoms with Crippen LogP contribution in [0.25, 0.3) is 0 Å². The second-order valence-corrected chi connectivity index (χ2v) is 5.21. The minimum atomic E-state index is -0.593. The molecule has 0 spiro atoms. The second-order valence-electron chi connectivity index (χ2n) is 5.21. The smallest absolute Gasteiger partial charge is 0.305 e. The van der Waals surface area contributed by atoms with Gasteiger partial charge in [0.25, 0.3) is 5.91 Å². The Morgan fingerprint density at radius 3 is 2.52 bits per heavy atom. The molecule has 3 amide bonds. The third-order valence-electron chi connectivity index (χ3n) is 3.00. The number of nitrogens with zero attached hydrogens (tertiary/aromatic N) is 1. The van der Waals surface area contributed by atoms with Gasteiger partial charge in [0.05, 0.1) is 19.4 Å². The van der Waals surface area contributed by atoms with Crippen LogP contribution in [0.1, 0.15) is 10.6 Å². The first-order chi connectivity index (χ1) is 11.9. The summed E-state index contributed by atoms with van der Waals surface area (Å²) in [4.78, 5) is 36.6. The molecule has 0 unspecified atom stereocenters. The van der Waals surface area contributed by atoms with Crippen molar-refractivity contribution in [1.29, 1.82) is 0 Å². The Morgan fingerprint density at radius 1 is 1.08 bits per heavy atom. The summed E-state index contributed by atoms with van der Waals surface area (Å²) in [6, 6.07) is 8.48. The molecule has 3 N–H and O–H groups in total. The van der Waals surface area contributed by atoms with Crippen LogP contribution in [0.15, 0.2) is 47.1 Å². The van der Waals surface area contributed by atoms with Crippen molar-refractivity contribution in [2.24, 2.45) is 0 Å². The van der Waals surface area contributed by atoms with Gasteiger partial charge < -0.3 is 9.73 Å². The number of hydrogen-bond acceptors (Lipinski definition) is 5. The van der Waals surface area contributed by atoms with Crippen molar-refractivity contribution in [2.45, 2.75) is 0 Å². The lowest BCUT2D eigenvalue weighted by molar-refractivity contribution is -0.123. The Labute approximate surface area is 143 Å². The summed E-state index contributed by atoms with van der Waals surface area (Å²) in [6.07, 6.45) is 1.34. The van der Waals surface area contributed by atoms with E-state index in [1.807, 2.05) is 0 Å². The molecular weight excluding hydrogens is 331 g/mol. The monoisotopic (exact) mass is 348 g/mol. The van der Waals surface area contributed by atoms with E-state index < -0.39 is 23.5 Å². The predicted molar refractivity (Wildman–Crippen MR) is 86.8 cm³/mol. The van der Waals surface area contributed by atoms with Crippen molar-refractivity contribution >= 4 is 23.4 Å². The van der Waals surface area contributed by atoms with E-state index in [1.165, 1.54) is 35.4 Å². The molecule has 0 bridgehead atoms. The number of carbonyl (C=O) groups excluding carboxylic acids is 3. The molecule has 1 aromatic carbocycles. The standard InChI is InChI=1S/C16H17FN4O4/c1-21(9-14(22)18-12-5-2-4-11(17)8-12)10-15(23)19-20-16(24)13-6-3-7-25-13/h2-8H,9-10H2,1H3,(H,18,22)(H,19,23)(H,20,24). The number of amides is 3. The summed E-state index contributed by atoms with van der Waals surface area (Å²) in [6.45, 7) is -0.217. The number of hydrogen-bond donors (Lipinski definition) is 3. The lowest BCUT2D eigenvalue weighted by Crippen LogP contribution is -2.46. The van der Waals surface area contributed by atoms with E-state index >= 15 is 0 Å². The molecule has 2 aromatic rings. The number of nitrogens with one attached hydrogen (secondary N) is 3. The minimum Gasteiger partial charge on any atom is -0.459 e. The highest BCUT2D eigenvalue weighted by molar-refractivity contribution is 5.94. The Bertz CT molecular complexity index is 748. The molecule has 1 aromatic heterocycles. The molecule has 9 heteroatoms. The topological polar surface area (TPSA) is 104 Å². The molecule has 132 valence electrons. The van der Waals surface area contributed by atoms with Crippen LogP contribution in [0.3, 0.4) is 0 Å². The van der Waals surface area contributed by atoms with Crippen molar-refractivity contribution < 1.29 is 23.2 Å². The fraction of sp³-hybridized carbons (Fsp3) is 0.188. The fourth-order valence-electron chi connectivity index (χ4n) is 1.95. The molecule has 0 atom stereocenters. The maximum absolute atomic E-state index is 13.0. The average molecular weight is 348 g/mol. The van der Waals surface area contributed by atoms with Crippen LogP contribution >= 0.6 is 0 Å². The molecule has 0 aliphatic heterocycles. The lowest BCUT2D eigenvalue weighted by Gasteiger charge is -2.16. The van der Waals surface area contributed by atoms with Crippen LogP contribution in [0, 0.1) is 5.82 Å². The van der Waals surface area contributed by atoms with Crippen molar-refractivity contribution in [2.75, 3.05) is 25.5 Å². The molecule has 2 rings (SSSR count). The summed E-state index contributed by atoms with van der Waals surface area (Å²) in [5.41, 5.74) is 4.73. The molecule has 0 saturated heterocycles. The third-order valence-corrected chi connectivity index (χ3v) is 3.00. The number of carbonyl (C=O) groups is 3. The largest absolute Gasteiger partial charge is 0.459 e. The zero-order valence-electron chi connectivity index (χ0n) is 13.4. The maximum Gasteiger partial charge on any atom is 0.305 e. The van der Waals surface area contributed by atoms with E-state index in [2.05, 4.69) is 16.2 Å². The number of likely N-dealkylation sites (N-methyl/N-ethyl adjacent to an activating group) is 1. The summed E-state index contributed by atoms with van der Waals surface area (Å²) in [7, 11) is 1.55. The van der Waals surface area contributed by atoms with Gasteiger partial charge in [-0.2, -0.15) is 0 Å². The molecule has 0 aliphatic carbocycles. The van der Waals surface area contributed by atoms with Gasteiger partial charge in [0, 0.05) is 5.69 Å². The average Bonchev–Trinajstić information content (AvgIpc) is 3.06. The van der Waals surface area contributed by atoms with Gasteiger partial charge >= 0.3 is 5.91 Å². The van der Waals surface area contributed by atoms with E-state index in [9.17, 15) is 18.8 Å². The van der Waals surface area contributed by atoms with Gasteiger partial charge in [0.2, 0.25) is 5.91 Å². The number of anilines is 1. The van der Waals surface area contributed by atoms with E-state index in [0.29, 0.717) is 5.69 Å². The number of halogens is 1. The summed E-state index contributed by atoms with van der Waals surface area (Å²) in [5.74, 6) is -1.91. The predicted octanol–water partition coefficient (Wildman–Crippen LogP) is 0.750. The summed E-state index contributed by atoms with van der Waals surface area (Å²) in [5, 5.41) is 2.52. The fourth-order valence-corrected chi connectivity index (χ4v) is 1.95. The molecule has 0 radical (unpaired) electrons. The SMILES string of the molecule is CN(CC(=O)NNC(=O)c1ccco1)CC(=O)Nc1cccc(F)c1. The van der Waals surface area contributed by atoms with Gasteiger partial charge in [0.1, 0.15) is 5.82 Å². The zero-order chi connectivity index (χ0) is 18.2. The molecule has 0 fully saturated rings. The number of rotatable bonds is 6. The van der Waals surface area contributed by atoms with Crippen molar-refractivity contribution in [3.63, 3.8) is 0 Å². The van der Waals surface area contributed by atoms with Crippen LogP contribution in [-0.4, -0.2) is 42.8 Å². The first kappa shape index (κ1) is 18.1. The Kier molecular flexibility index (Phi) is 6.24. The molecule has 8 nitrogen and oxygen atoms in total. The van der Waals surface area contributed by atoms with Gasteiger partial charge in [-0.15, -0.1) is 0 Å². The highest BCUT2D eigenvalue weighted by Crippen LogP contribution is 2.08. The Morgan fingerprint density at radius 2 is 1.84 bits per heavy atom. The first-order valence-electron chi connectivity index (χ1n) is 7.30.